The van der Waals surface area contributed by atoms with Gasteiger partial charge in [0.25, 0.3) is 0 Å². The van der Waals surface area contributed by atoms with Gasteiger partial charge in [-0.05, 0) is 26.8 Å². The molecule has 0 aromatic carbocycles. The second-order valence-corrected chi connectivity index (χ2v) is 3.93. The molecule has 0 aliphatic carbocycles. The van der Waals surface area contributed by atoms with Crippen LogP contribution in [0.15, 0.2) is 15.5 Å². The van der Waals surface area contributed by atoms with E-state index < -0.39 is 11.8 Å². The molecule has 1 unspecified atom stereocenters. The molecule has 1 aromatic heterocycles. The Hall–Kier alpha value is -2.11. The number of carbonyl (C=O) groups is 2. The first-order valence-electron chi connectivity index (χ1n) is 5.24. The van der Waals surface area contributed by atoms with Gasteiger partial charge >= 0.3 is 11.8 Å². The molecule has 1 aliphatic rings. The zero-order valence-electron chi connectivity index (χ0n) is 9.83. The Bertz CT molecular complexity index is 498. The molecule has 2 N–H and O–H groups in total. The third kappa shape index (κ3) is 2.20. The summed E-state index contributed by atoms with van der Waals surface area (Å²) in [4.78, 5) is 26.1. The highest BCUT2D eigenvalue weighted by atomic mass is 16.3. The fraction of sp³-hybridized carbons (Fsp3) is 0.364. The van der Waals surface area contributed by atoms with Gasteiger partial charge in [0.2, 0.25) is 5.96 Å². The summed E-state index contributed by atoms with van der Waals surface area (Å²) in [6.07, 6.45) is 0. The van der Waals surface area contributed by atoms with Crippen LogP contribution in [0.2, 0.25) is 0 Å². The maximum atomic E-state index is 11.0. The SMILES string of the molecule is Cc1cc(C(C)N=C2NC(=O)C(=O)N2)c(C)o1. The zero-order valence-corrected chi connectivity index (χ0v) is 9.83. The number of hydrogen-bond donors (Lipinski definition) is 2. The molecule has 2 heterocycles. The van der Waals surface area contributed by atoms with Crippen molar-refractivity contribution in [3.63, 3.8) is 0 Å². The van der Waals surface area contributed by atoms with E-state index in [2.05, 4.69) is 15.6 Å². The molecule has 0 radical (unpaired) electrons. The van der Waals surface area contributed by atoms with Crippen LogP contribution < -0.4 is 10.6 Å². The van der Waals surface area contributed by atoms with Gasteiger partial charge in [-0.3, -0.25) is 20.2 Å². The number of amides is 2. The van der Waals surface area contributed by atoms with Crippen LogP contribution in [0.4, 0.5) is 0 Å². The molecule has 0 bridgehead atoms. The Kier molecular flexibility index (Phi) is 2.71. The lowest BCUT2D eigenvalue weighted by Gasteiger charge is -2.05. The van der Waals surface area contributed by atoms with Crippen molar-refractivity contribution in [3.8, 4) is 0 Å². The molecule has 2 amide bonds. The number of aryl methyl sites for hydroxylation is 2. The summed E-state index contributed by atoms with van der Waals surface area (Å²) in [5.41, 5.74) is 0.936. The fourth-order valence-corrected chi connectivity index (χ4v) is 1.75. The summed E-state index contributed by atoms with van der Waals surface area (Å²) < 4.78 is 5.40. The van der Waals surface area contributed by atoms with Crippen LogP contribution in [0.5, 0.6) is 0 Å². The summed E-state index contributed by atoms with van der Waals surface area (Å²) in [6.45, 7) is 5.57. The Morgan fingerprint density at radius 2 is 1.82 bits per heavy atom. The molecule has 1 saturated heterocycles. The predicted molar refractivity (Wildman–Crippen MR) is 60.3 cm³/mol. The van der Waals surface area contributed by atoms with Gasteiger partial charge < -0.3 is 4.42 Å². The van der Waals surface area contributed by atoms with E-state index in [1.165, 1.54) is 0 Å². The zero-order chi connectivity index (χ0) is 12.6. The monoisotopic (exact) mass is 235 g/mol. The number of nitrogens with zero attached hydrogens (tertiary/aromatic N) is 1. The van der Waals surface area contributed by atoms with Crippen molar-refractivity contribution < 1.29 is 14.0 Å². The Balaban J connectivity index is 2.20. The maximum Gasteiger partial charge on any atom is 0.316 e. The van der Waals surface area contributed by atoms with Crippen LogP contribution in [-0.2, 0) is 9.59 Å². The molecule has 0 saturated carbocycles. The molecule has 17 heavy (non-hydrogen) atoms. The average molecular weight is 235 g/mol. The molecule has 6 heteroatoms. The quantitative estimate of drug-likeness (QED) is 0.734. The molecule has 0 spiro atoms. The lowest BCUT2D eigenvalue weighted by molar-refractivity contribution is -0.135. The van der Waals surface area contributed by atoms with E-state index >= 15 is 0 Å². The third-order valence-electron chi connectivity index (χ3n) is 2.52. The molecule has 2 rings (SSSR count). The second-order valence-electron chi connectivity index (χ2n) is 3.93. The molecular formula is C11H13N3O3. The molecule has 1 aliphatic heterocycles. The summed E-state index contributed by atoms with van der Waals surface area (Å²) in [7, 11) is 0. The molecule has 1 fully saturated rings. The van der Waals surface area contributed by atoms with Crippen molar-refractivity contribution in [2.45, 2.75) is 26.8 Å². The summed E-state index contributed by atoms with van der Waals surface area (Å²) >= 11 is 0. The molecule has 1 atom stereocenters. The number of furan rings is 1. The van der Waals surface area contributed by atoms with Crippen molar-refractivity contribution in [2.75, 3.05) is 0 Å². The van der Waals surface area contributed by atoms with Crippen molar-refractivity contribution in [3.05, 3.63) is 23.2 Å². The Morgan fingerprint density at radius 3 is 2.29 bits per heavy atom. The third-order valence-corrected chi connectivity index (χ3v) is 2.52. The highest BCUT2D eigenvalue weighted by molar-refractivity contribution is 6.45. The van der Waals surface area contributed by atoms with Crippen molar-refractivity contribution in [1.29, 1.82) is 0 Å². The standard InChI is InChI=1S/C11H13N3O3/c1-5-4-8(7(3)17-5)6(2)12-11-13-9(15)10(16)14-11/h4,6H,1-3H3,(H2,12,13,14,15,16). The van der Waals surface area contributed by atoms with Crippen LogP contribution in [-0.4, -0.2) is 17.8 Å². The first-order valence-corrected chi connectivity index (χ1v) is 5.24. The van der Waals surface area contributed by atoms with Gasteiger partial charge in [0.15, 0.2) is 0 Å². The first-order chi connectivity index (χ1) is 7.97. The van der Waals surface area contributed by atoms with Gasteiger partial charge in [0.1, 0.15) is 11.5 Å². The van der Waals surface area contributed by atoms with Gasteiger partial charge in [-0.15, -0.1) is 0 Å². The number of hydrogen-bond acceptors (Lipinski definition) is 4. The largest absolute Gasteiger partial charge is 0.466 e. The van der Waals surface area contributed by atoms with Gasteiger partial charge in [-0.25, -0.2) is 4.99 Å². The van der Waals surface area contributed by atoms with E-state index in [0.717, 1.165) is 17.1 Å². The van der Waals surface area contributed by atoms with Gasteiger partial charge in [0.05, 0.1) is 6.04 Å². The summed E-state index contributed by atoms with van der Waals surface area (Å²) in [6, 6.07) is 1.70. The van der Waals surface area contributed by atoms with E-state index in [0.29, 0.717) is 0 Å². The molecule has 90 valence electrons. The van der Waals surface area contributed by atoms with Gasteiger partial charge in [-0.2, -0.15) is 0 Å². The summed E-state index contributed by atoms with van der Waals surface area (Å²) in [5.74, 6) is 0.414. The van der Waals surface area contributed by atoms with Gasteiger partial charge in [0, 0.05) is 5.56 Å². The minimum absolute atomic E-state index is 0.186. The van der Waals surface area contributed by atoms with Crippen LogP contribution in [0.1, 0.15) is 30.0 Å². The van der Waals surface area contributed by atoms with E-state index in [1.54, 1.807) is 0 Å². The number of aliphatic imine (C=N–C) groups is 1. The van der Waals surface area contributed by atoms with Gasteiger partial charge in [-0.1, -0.05) is 0 Å². The minimum Gasteiger partial charge on any atom is -0.466 e. The van der Waals surface area contributed by atoms with E-state index in [-0.39, 0.29) is 12.0 Å². The number of carbonyl (C=O) groups excluding carboxylic acids is 2. The van der Waals surface area contributed by atoms with Crippen LogP contribution in [0, 0.1) is 13.8 Å². The van der Waals surface area contributed by atoms with E-state index in [1.807, 2.05) is 26.8 Å². The minimum atomic E-state index is -0.684. The van der Waals surface area contributed by atoms with E-state index in [9.17, 15) is 9.59 Å². The van der Waals surface area contributed by atoms with Crippen LogP contribution >= 0.6 is 0 Å². The molecule has 1 aromatic rings. The second kappa shape index (κ2) is 4.04. The normalized spacial score (nSPS) is 16.8. The number of guanidine groups is 1. The van der Waals surface area contributed by atoms with Crippen molar-refractivity contribution in [1.82, 2.24) is 10.6 Å². The fourth-order valence-electron chi connectivity index (χ4n) is 1.75. The van der Waals surface area contributed by atoms with Crippen molar-refractivity contribution in [2.24, 2.45) is 4.99 Å². The number of rotatable bonds is 2. The maximum absolute atomic E-state index is 11.0. The smallest absolute Gasteiger partial charge is 0.316 e. The molecular weight excluding hydrogens is 222 g/mol. The average Bonchev–Trinajstić information content (AvgIpc) is 2.71. The van der Waals surface area contributed by atoms with Crippen molar-refractivity contribution >= 4 is 17.8 Å². The molecule has 6 nitrogen and oxygen atoms in total. The summed E-state index contributed by atoms with van der Waals surface area (Å²) in [5, 5.41) is 4.70. The number of nitrogens with one attached hydrogen (secondary N) is 2. The lowest BCUT2D eigenvalue weighted by Crippen LogP contribution is -2.26. The Labute approximate surface area is 98.1 Å². The first kappa shape index (κ1) is 11.4. The Morgan fingerprint density at radius 1 is 1.24 bits per heavy atom. The van der Waals surface area contributed by atoms with Crippen LogP contribution in [0.3, 0.4) is 0 Å². The highest BCUT2D eigenvalue weighted by Crippen LogP contribution is 2.23. The van der Waals surface area contributed by atoms with Crippen LogP contribution in [0.25, 0.3) is 0 Å². The topological polar surface area (TPSA) is 83.7 Å². The van der Waals surface area contributed by atoms with E-state index in [4.69, 9.17) is 4.42 Å². The lowest BCUT2D eigenvalue weighted by atomic mass is 10.1. The highest BCUT2D eigenvalue weighted by Gasteiger charge is 2.26. The predicted octanol–water partition coefficient (Wildman–Crippen LogP) is 0.559.